The van der Waals surface area contributed by atoms with Crippen LogP contribution in [0.5, 0.6) is 5.75 Å². The van der Waals surface area contributed by atoms with Crippen LogP contribution in [0.3, 0.4) is 0 Å². The van der Waals surface area contributed by atoms with Gasteiger partial charge in [0.2, 0.25) is 10.0 Å². The van der Waals surface area contributed by atoms with Crippen molar-refractivity contribution >= 4 is 21.7 Å². The van der Waals surface area contributed by atoms with Gasteiger partial charge in [0.1, 0.15) is 12.4 Å². The summed E-state index contributed by atoms with van der Waals surface area (Å²) in [4.78, 5) is 22.8. The summed E-state index contributed by atoms with van der Waals surface area (Å²) in [5, 5.41) is 11.1. The summed E-state index contributed by atoms with van der Waals surface area (Å²) in [6, 6.07) is 8.86. The number of esters is 1. The Hall–Kier alpha value is -3.02. The maximum Gasteiger partial charge on any atom is 0.306 e. The first-order valence-corrected chi connectivity index (χ1v) is 10.5. The molecular weight excluding hydrogens is 416 g/mol. The third-order valence-electron chi connectivity index (χ3n) is 4.49. The van der Waals surface area contributed by atoms with Crippen LogP contribution in [0.2, 0.25) is 0 Å². The van der Waals surface area contributed by atoms with E-state index >= 15 is 0 Å². The Morgan fingerprint density at radius 3 is 2.67 bits per heavy atom. The maximum atomic E-state index is 12.1. The zero-order chi connectivity index (χ0) is 21.7. The number of nitro benzene ring substituents is 1. The first-order valence-electron chi connectivity index (χ1n) is 8.99. The highest BCUT2D eigenvalue weighted by Gasteiger charge is 2.21. The van der Waals surface area contributed by atoms with E-state index in [2.05, 4.69) is 4.72 Å². The number of fused-ring (bicyclic) bond motifs is 1. The number of hydrogen-bond donors (Lipinski definition) is 1. The van der Waals surface area contributed by atoms with Crippen LogP contribution in [-0.4, -0.2) is 33.2 Å². The minimum Gasteiger partial charge on any atom is -0.467 e. The van der Waals surface area contributed by atoms with E-state index in [4.69, 9.17) is 14.2 Å². The van der Waals surface area contributed by atoms with Crippen LogP contribution < -0.4 is 9.46 Å². The van der Waals surface area contributed by atoms with E-state index in [-0.39, 0.29) is 37.0 Å². The zero-order valence-electron chi connectivity index (χ0n) is 16.1. The SMILES string of the molecule is CNS(=O)(=O)c1ccc(CCC(=O)OCc2cc([N+](=O)[O-])cc3c2OCOC3)cc1. The van der Waals surface area contributed by atoms with E-state index in [1.54, 1.807) is 12.1 Å². The quantitative estimate of drug-likeness (QED) is 0.377. The van der Waals surface area contributed by atoms with Crippen molar-refractivity contribution in [3.05, 3.63) is 63.2 Å². The molecule has 1 heterocycles. The number of nitrogens with one attached hydrogen (secondary N) is 1. The van der Waals surface area contributed by atoms with E-state index in [0.717, 1.165) is 5.56 Å². The number of carbonyl (C=O) groups is 1. The monoisotopic (exact) mass is 436 g/mol. The molecule has 1 aliphatic rings. The lowest BCUT2D eigenvalue weighted by molar-refractivity contribution is -0.385. The van der Waals surface area contributed by atoms with Crippen LogP contribution in [0.15, 0.2) is 41.3 Å². The molecule has 2 aromatic rings. The van der Waals surface area contributed by atoms with Gasteiger partial charge in [-0.1, -0.05) is 12.1 Å². The molecule has 0 fully saturated rings. The number of nitro groups is 1. The number of nitrogens with zero attached hydrogens (tertiary/aromatic N) is 1. The molecule has 1 N–H and O–H groups in total. The molecule has 0 amide bonds. The van der Waals surface area contributed by atoms with Gasteiger partial charge in [0.15, 0.2) is 6.79 Å². The van der Waals surface area contributed by atoms with Crippen LogP contribution in [0.25, 0.3) is 0 Å². The van der Waals surface area contributed by atoms with Gasteiger partial charge in [-0.25, -0.2) is 13.1 Å². The number of carbonyl (C=O) groups excluding carboxylic acids is 1. The molecule has 0 spiro atoms. The Kier molecular flexibility index (Phi) is 6.65. The molecule has 0 bridgehead atoms. The first kappa shape index (κ1) is 21.7. The minimum atomic E-state index is -3.51. The number of non-ortho nitro benzene ring substituents is 1. The van der Waals surface area contributed by atoms with Gasteiger partial charge in [-0.05, 0) is 31.2 Å². The number of benzene rings is 2. The second-order valence-corrected chi connectivity index (χ2v) is 8.36. The lowest BCUT2D eigenvalue weighted by atomic mass is 10.1. The lowest BCUT2D eigenvalue weighted by Gasteiger charge is -2.20. The zero-order valence-corrected chi connectivity index (χ0v) is 16.9. The predicted octanol–water partition coefficient (Wildman–Crippen LogP) is 2.05. The molecule has 0 radical (unpaired) electrons. The molecule has 0 atom stereocenters. The molecule has 0 saturated heterocycles. The molecule has 0 aromatic heterocycles. The molecule has 10 nitrogen and oxygen atoms in total. The summed E-state index contributed by atoms with van der Waals surface area (Å²) in [5.74, 6) is -0.0600. The highest BCUT2D eigenvalue weighted by Crippen LogP contribution is 2.33. The summed E-state index contributed by atoms with van der Waals surface area (Å²) in [5.41, 5.74) is 1.57. The number of sulfonamides is 1. The van der Waals surface area contributed by atoms with Gasteiger partial charge < -0.3 is 14.2 Å². The summed E-state index contributed by atoms with van der Waals surface area (Å²) >= 11 is 0. The summed E-state index contributed by atoms with van der Waals surface area (Å²) in [6.45, 7) is 0.0322. The Labute approximate surface area is 173 Å². The Morgan fingerprint density at radius 1 is 1.27 bits per heavy atom. The smallest absolute Gasteiger partial charge is 0.306 e. The fourth-order valence-corrected chi connectivity index (χ4v) is 3.65. The minimum absolute atomic E-state index is 0.0189. The van der Waals surface area contributed by atoms with Crippen molar-refractivity contribution in [2.45, 2.75) is 31.0 Å². The van der Waals surface area contributed by atoms with Crippen molar-refractivity contribution in [2.75, 3.05) is 13.8 Å². The molecule has 30 heavy (non-hydrogen) atoms. The van der Waals surface area contributed by atoms with Gasteiger partial charge in [0.25, 0.3) is 5.69 Å². The van der Waals surface area contributed by atoms with Crippen LogP contribution in [0.4, 0.5) is 5.69 Å². The van der Waals surface area contributed by atoms with E-state index < -0.39 is 20.9 Å². The Bertz CT molecular complexity index is 1050. The van der Waals surface area contributed by atoms with Gasteiger partial charge >= 0.3 is 5.97 Å². The van der Waals surface area contributed by atoms with E-state index in [1.807, 2.05) is 0 Å². The second-order valence-electron chi connectivity index (χ2n) is 6.47. The van der Waals surface area contributed by atoms with Crippen LogP contribution >= 0.6 is 0 Å². The van der Waals surface area contributed by atoms with Crippen molar-refractivity contribution in [2.24, 2.45) is 0 Å². The second kappa shape index (κ2) is 9.20. The van der Waals surface area contributed by atoms with Crippen molar-refractivity contribution < 1.29 is 32.3 Å². The third kappa shape index (κ3) is 5.12. The lowest BCUT2D eigenvalue weighted by Crippen LogP contribution is -2.18. The average molecular weight is 436 g/mol. The summed E-state index contributed by atoms with van der Waals surface area (Å²) in [7, 11) is -2.18. The topological polar surface area (TPSA) is 134 Å². The summed E-state index contributed by atoms with van der Waals surface area (Å²) < 4.78 is 41.5. The van der Waals surface area contributed by atoms with Gasteiger partial charge in [-0.3, -0.25) is 14.9 Å². The largest absolute Gasteiger partial charge is 0.467 e. The number of rotatable bonds is 8. The Balaban J connectivity index is 1.60. The molecule has 160 valence electrons. The van der Waals surface area contributed by atoms with E-state index in [0.29, 0.717) is 23.3 Å². The average Bonchev–Trinajstić information content (AvgIpc) is 2.76. The van der Waals surface area contributed by atoms with Gasteiger partial charge in [0.05, 0.1) is 16.4 Å². The molecule has 2 aromatic carbocycles. The standard InChI is InChI=1S/C19H20N2O8S/c1-20-30(25,26)17-5-2-13(3-6-17)4-7-18(22)28-11-15-9-16(21(23)24)8-14-10-27-12-29-19(14)15/h2-3,5-6,8-9,20H,4,7,10-12H2,1H3. The molecular formula is C19H20N2O8S. The van der Waals surface area contributed by atoms with Crippen molar-refractivity contribution in [1.82, 2.24) is 4.72 Å². The predicted molar refractivity (Wildman–Crippen MR) is 104 cm³/mol. The van der Waals surface area contributed by atoms with Crippen molar-refractivity contribution in [1.29, 1.82) is 0 Å². The van der Waals surface area contributed by atoms with Crippen LogP contribution in [-0.2, 0) is 43.9 Å². The van der Waals surface area contributed by atoms with Crippen LogP contribution in [0.1, 0.15) is 23.1 Å². The summed E-state index contributed by atoms with van der Waals surface area (Å²) in [6.07, 6.45) is 0.426. The van der Waals surface area contributed by atoms with Crippen molar-refractivity contribution in [3.63, 3.8) is 0 Å². The molecule has 11 heteroatoms. The molecule has 0 saturated carbocycles. The van der Waals surface area contributed by atoms with E-state index in [9.17, 15) is 23.3 Å². The van der Waals surface area contributed by atoms with Crippen molar-refractivity contribution in [3.8, 4) is 5.75 Å². The molecule has 0 unspecified atom stereocenters. The number of hydrogen-bond acceptors (Lipinski definition) is 8. The maximum absolute atomic E-state index is 12.1. The molecule has 3 rings (SSSR count). The molecule has 1 aliphatic heterocycles. The third-order valence-corrected chi connectivity index (χ3v) is 5.92. The van der Waals surface area contributed by atoms with Gasteiger partial charge in [-0.15, -0.1) is 0 Å². The number of aryl methyl sites for hydroxylation is 1. The van der Waals surface area contributed by atoms with Gasteiger partial charge in [0, 0.05) is 29.7 Å². The van der Waals surface area contributed by atoms with E-state index in [1.165, 1.54) is 31.3 Å². The normalized spacial score (nSPS) is 13.2. The highest BCUT2D eigenvalue weighted by molar-refractivity contribution is 7.89. The number of ether oxygens (including phenoxy) is 3. The highest BCUT2D eigenvalue weighted by atomic mass is 32.2. The first-order chi connectivity index (χ1) is 14.3. The van der Waals surface area contributed by atoms with Gasteiger partial charge in [-0.2, -0.15) is 0 Å². The van der Waals surface area contributed by atoms with Crippen LogP contribution in [0, 0.1) is 10.1 Å². The Morgan fingerprint density at radius 2 is 2.00 bits per heavy atom. The fraction of sp³-hybridized carbons (Fsp3) is 0.316. The molecule has 0 aliphatic carbocycles. The fourth-order valence-electron chi connectivity index (χ4n) is 2.92.